The molecule has 3 rings (SSSR count). The van der Waals surface area contributed by atoms with Gasteiger partial charge in [-0.2, -0.15) is 5.10 Å². The van der Waals surface area contributed by atoms with Crippen LogP contribution in [0.4, 0.5) is 5.69 Å². The minimum absolute atomic E-state index is 0.223. The highest BCUT2D eigenvalue weighted by Crippen LogP contribution is 2.21. The lowest BCUT2D eigenvalue weighted by molar-refractivity contribution is -0.136. The van der Waals surface area contributed by atoms with Crippen LogP contribution in [0.15, 0.2) is 36.5 Å². The molecule has 1 atom stereocenters. The van der Waals surface area contributed by atoms with Gasteiger partial charge in [0.1, 0.15) is 0 Å². The highest BCUT2D eigenvalue weighted by Gasteiger charge is 2.18. The number of amides is 2. The average Bonchev–Trinajstić information content (AvgIpc) is 3.14. The molecule has 0 fully saturated rings. The fourth-order valence-corrected chi connectivity index (χ4v) is 2.83. The third kappa shape index (κ3) is 3.71. The van der Waals surface area contributed by atoms with Gasteiger partial charge in [-0.15, -0.1) is 0 Å². The van der Waals surface area contributed by atoms with Gasteiger partial charge in [-0.3, -0.25) is 14.3 Å². The first-order chi connectivity index (χ1) is 11.9. The smallest absolute Gasteiger partial charge is 0.313 e. The van der Waals surface area contributed by atoms with E-state index in [1.165, 1.54) is 0 Å². The van der Waals surface area contributed by atoms with Crippen LogP contribution in [0.1, 0.15) is 18.3 Å². The Hall–Kier alpha value is -3.09. The van der Waals surface area contributed by atoms with Gasteiger partial charge < -0.3 is 15.6 Å². The summed E-state index contributed by atoms with van der Waals surface area (Å²) in [5.74, 6) is -1.35. The number of aryl methyl sites for hydroxylation is 2. The zero-order valence-electron chi connectivity index (χ0n) is 14.5. The van der Waals surface area contributed by atoms with E-state index in [0.29, 0.717) is 12.2 Å². The summed E-state index contributed by atoms with van der Waals surface area (Å²) in [6.07, 6.45) is 1.79. The number of anilines is 1. The SMILES string of the molecule is Cc1cc(C)n(C[C@@H](C)NC(=O)C(=O)Nc2cccc3[nH]ccc23)n1. The van der Waals surface area contributed by atoms with Gasteiger partial charge in [-0.25, -0.2) is 0 Å². The van der Waals surface area contributed by atoms with Crippen LogP contribution in [0.3, 0.4) is 0 Å². The van der Waals surface area contributed by atoms with Crippen LogP contribution in [0.25, 0.3) is 10.9 Å². The van der Waals surface area contributed by atoms with Gasteiger partial charge in [-0.1, -0.05) is 6.07 Å². The van der Waals surface area contributed by atoms with Crippen LogP contribution in [-0.4, -0.2) is 32.6 Å². The van der Waals surface area contributed by atoms with E-state index in [-0.39, 0.29) is 6.04 Å². The van der Waals surface area contributed by atoms with E-state index in [2.05, 4.69) is 20.7 Å². The van der Waals surface area contributed by atoms with Crippen molar-refractivity contribution in [3.63, 3.8) is 0 Å². The fourth-order valence-electron chi connectivity index (χ4n) is 2.83. The van der Waals surface area contributed by atoms with E-state index >= 15 is 0 Å². The summed E-state index contributed by atoms with van der Waals surface area (Å²) in [5, 5.41) is 10.6. The molecule has 1 aromatic carbocycles. The van der Waals surface area contributed by atoms with Crippen molar-refractivity contribution in [2.24, 2.45) is 0 Å². The van der Waals surface area contributed by atoms with Crippen molar-refractivity contribution in [1.29, 1.82) is 0 Å². The molecule has 130 valence electrons. The molecule has 7 heteroatoms. The highest BCUT2D eigenvalue weighted by molar-refractivity contribution is 6.40. The van der Waals surface area contributed by atoms with E-state index in [1.807, 2.05) is 49.7 Å². The topological polar surface area (TPSA) is 91.8 Å². The Morgan fingerprint density at radius 3 is 2.76 bits per heavy atom. The second-order valence-corrected chi connectivity index (χ2v) is 6.18. The lowest BCUT2D eigenvalue weighted by Gasteiger charge is -2.15. The van der Waals surface area contributed by atoms with Crippen LogP contribution in [0.2, 0.25) is 0 Å². The summed E-state index contributed by atoms with van der Waals surface area (Å²) in [4.78, 5) is 27.4. The molecule has 25 heavy (non-hydrogen) atoms. The molecule has 7 nitrogen and oxygen atoms in total. The third-order valence-corrected chi connectivity index (χ3v) is 3.98. The van der Waals surface area contributed by atoms with Gasteiger partial charge in [0.25, 0.3) is 0 Å². The van der Waals surface area contributed by atoms with Gasteiger partial charge in [0.05, 0.1) is 17.9 Å². The van der Waals surface area contributed by atoms with Crippen LogP contribution in [0.5, 0.6) is 0 Å². The van der Waals surface area contributed by atoms with Gasteiger partial charge in [0.2, 0.25) is 0 Å². The van der Waals surface area contributed by atoms with Crippen LogP contribution < -0.4 is 10.6 Å². The molecule has 0 aliphatic carbocycles. The summed E-state index contributed by atoms with van der Waals surface area (Å²) in [5.41, 5.74) is 3.44. The van der Waals surface area contributed by atoms with E-state index in [4.69, 9.17) is 0 Å². The van der Waals surface area contributed by atoms with Crippen LogP contribution in [0, 0.1) is 13.8 Å². The predicted octanol–water partition coefficient (Wildman–Crippen LogP) is 2.12. The number of nitrogens with one attached hydrogen (secondary N) is 3. The monoisotopic (exact) mass is 339 g/mol. The number of rotatable bonds is 4. The molecule has 0 radical (unpaired) electrons. The minimum Gasteiger partial charge on any atom is -0.361 e. The number of fused-ring (bicyclic) bond motifs is 1. The van der Waals surface area contributed by atoms with Gasteiger partial charge in [0, 0.05) is 28.8 Å². The van der Waals surface area contributed by atoms with Crippen molar-refractivity contribution < 1.29 is 9.59 Å². The summed E-state index contributed by atoms with van der Waals surface area (Å²) in [7, 11) is 0. The Morgan fingerprint density at radius 1 is 1.24 bits per heavy atom. The highest BCUT2D eigenvalue weighted by atomic mass is 16.2. The van der Waals surface area contributed by atoms with Crippen molar-refractivity contribution >= 4 is 28.4 Å². The van der Waals surface area contributed by atoms with E-state index in [0.717, 1.165) is 22.3 Å². The van der Waals surface area contributed by atoms with E-state index in [1.54, 1.807) is 12.3 Å². The molecule has 0 aliphatic heterocycles. The number of hydrogen-bond donors (Lipinski definition) is 3. The quantitative estimate of drug-likeness (QED) is 0.636. The zero-order chi connectivity index (χ0) is 18.0. The molecule has 0 bridgehead atoms. The van der Waals surface area contributed by atoms with Crippen molar-refractivity contribution in [1.82, 2.24) is 20.1 Å². The van der Waals surface area contributed by atoms with Crippen molar-refractivity contribution in [3.8, 4) is 0 Å². The summed E-state index contributed by atoms with van der Waals surface area (Å²) in [6, 6.07) is 9.09. The molecule has 3 N–H and O–H groups in total. The first-order valence-electron chi connectivity index (χ1n) is 8.13. The molecule has 0 unspecified atom stereocenters. The lowest BCUT2D eigenvalue weighted by atomic mass is 10.2. The second kappa shape index (κ2) is 6.80. The van der Waals surface area contributed by atoms with Gasteiger partial charge in [0.15, 0.2) is 0 Å². The second-order valence-electron chi connectivity index (χ2n) is 6.18. The normalized spacial score (nSPS) is 12.1. The molecular formula is C18H21N5O2. The molecule has 3 aromatic rings. The van der Waals surface area contributed by atoms with Gasteiger partial charge in [-0.05, 0) is 45.0 Å². The van der Waals surface area contributed by atoms with E-state index < -0.39 is 11.8 Å². The Bertz CT molecular complexity index is 925. The number of aromatic amines is 1. The molecule has 2 amide bonds. The van der Waals surface area contributed by atoms with Crippen LogP contribution >= 0.6 is 0 Å². The molecule has 0 saturated carbocycles. The molecular weight excluding hydrogens is 318 g/mol. The molecule has 2 aromatic heterocycles. The first kappa shape index (κ1) is 16.8. The van der Waals surface area contributed by atoms with E-state index in [9.17, 15) is 9.59 Å². The summed E-state index contributed by atoms with van der Waals surface area (Å²) >= 11 is 0. The predicted molar refractivity (Wildman–Crippen MR) is 96.2 cm³/mol. The number of H-pyrrole nitrogens is 1. The zero-order valence-corrected chi connectivity index (χ0v) is 14.5. The Kier molecular flexibility index (Phi) is 4.56. The maximum atomic E-state index is 12.2. The Balaban J connectivity index is 1.61. The van der Waals surface area contributed by atoms with Crippen molar-refractivity contribution in [2.75, 3.05) is 5.32 Å². The fraction of sp³-hybridized carbons (Fsp3) is 0.278. The first-order valence-corrected chi connectivity index (χ1v) is 8.13. The number of carbonyl (C=O) groups is 2. The van der Waals surface area contributed by atoms with Crippen LogP contribution in [-0.2, 0) is 16.1 Å². The van der Waals surface area contributed by atoms with Crippen molar-refractivity contribution in [2.45, 2.75) is 33.4 Å². The standard InChI is InChI=1S/C18H21N5O2/c1-11-9-13(3)23(22-11)10-12(2)20-17(24)18(25)21-16-6-4-5-15-14(16)7-8-19-15/h4-9,12,19H,10H2,1-3H3,(H,20,24)(H,21,25)/t12-/m1/s1. The maximum absolute atomic E-state index is 12.2. The summed E-state index contributed by atoms with van der Waals surface area (Å²) < 4.78 is 1.82. The minimum atomic E-state index is -0.686. The number of nitrogens with zero attached hydrogens (tertiary/aromatic N) is 2. The number of hydrogen-bond acceptors (Lipinski definition) is 3. The maximum Gasteiger partial charge on any atom is 0.313 e. The third-order valence-electron chi connectivity index (χ3n) is 3.98. The Morgan fingerprint density at radius 2 is 2.04 bits per heavy atom. The Labute approximate surface area is 145 Å². The molecule has 2 heterocycles. The molecule has 0 spiro atoms. The van der Waals surface area contributed by atoms with Gasteiger partial charge >= 0.3 is 11.8 Å². The summed E-state index contributed by atoms with van der Waals surface area (Å²) in [6.45, 7) is 6.22. The largest absolute Gasteiger partial charge is 0.361 e. The number of aromatic nitrogens is 3. The lowest BCUT2D eigenvalue weighted by Crippen LogP contribution is -2.42. The average molecular weight is 339 g/mol. The molecule has 0 saturated heterocycles. The number of carbonyl (C=O) groups excluding carboxylic acids is 2. The number of benzene rings is 1. The van der Waals surface area contributed by atoms with Crippen molar-refractivity contribution in [3.05, 3.63) is 47.9 Å². The molecule has 0 aliphatic rings.